The standard InChI is InChI=1S/C25H17Br2NO5S/c26-19-8-3-15(4-9-19)13-28-23(29)22(34-25(28)32)12-17-5-10-21(20(27)11-17)33-14-16-1-6-18(7-2-16)24(30)31/h1-12H,13-14H2,(H,30,31)/b22-12-. The average Bonchev–Trinajstić information content (AvgIpc) is 3.07. The van der Waals surface area contributed by atoms with Gasteiger partial charge >= 0.3 is 5.97 Å². The molecule has 0 spiro atoms. The molecule has 1 heterocycles. The summed E-state index contributed by atoms with van der Waals surface area (Å²) in [4.78, 5) is 37.8. The molecule has 1 saturated heterocycles. The summed E-state index contributed by atoms with van der Waals surface area (Å²) >= 11 is 7.78. The van der Waals surface area contributed by atoms with E-state index in [4.69, 9.17) is 9.84 Å². The molecule has 9 heteroatoms. The molecule has 0 atom stereocenters. The summed E-state index contributed by atoms with van der Waals surface area (Å²) in [7, 11) is 0. The summed E-state index contributed by atoms with van der Waals surface area (Å²) in [5.41, 5.74) is 2.67. The minimum Gasteiger partial charge on any atom is -0.488 e. The maximum atomic E-state index is 12.8. The molecule has 0 radical (unpaired) electrons. The molecular formula is C25H17Br2NO5S. The van der Waals surface area contributed by atoms with Crippen LogP contribution >= 0.6 is 43.6 Å². The number of imide groups is 1. The Morgan fingerprint density at radius 1 is 0.971 bits per heavy atom. The van der Waals surface area contributed by atoms with E-state index in [0.717, 1.165) is 32.9 Å². The number of carboxylic acid groups (broad SMARTS) is 1. The summed E-state index contributed by atoms with van der Waals surface area (Å²) in [6.45, 7) is 0.492. The first-order chi connectivity index (χ1) is 16.3. The lowest BCUT2D eigenvalue weighted by atomic mass is 10.1. The molecule has 0 aromatic heterocycles. The Hall–Kier alpha value is -2.88. The maximum absolute atomic E-state index is 12.8. The second-order valence-corrected chi connectivity index (χ2v) is 10.1. The van der Waals surface area contributed by atoms with Gasteiger partial charge in [-0.3, -0.25) is 14.5 Å². The zero-order valence-electron chi connectivity index (χ0n) is 17.5. The van der Waals surface area contributed by atoms with E-state index in [9.17, 15) is 14.4 Å². The predicted octanol–water partition coefficient (Wildman–Crippen LogP) is 6.73. The molecule has 6 nitrogen and oxygen atoms in total. The monoisotopic (exact) mass is 601 g/mol. The van der Waals surface area contributed by atoms with Crippen molar-refractivity contribution in [3.8, 4) is 5.75 Å². The Labute approximate surface area is 216 Å². The van der Waals surface area contributed by atoms with Crippen molar-refractivity contribution in [1.29, 1.82) is 0 Å². The van der Waals surface area contributed by atoms with E-state index in [2.05, 4.69) is 31.9 Å². The quantitative estimate of drug-likeness (QED) is 0.302. The van der Waals surface area contributed by atoms with Gasteiger partial charge in [0, 0.05) is 4.47 Å². The van der Waals surface area contributed by atoms with E-state index in [1.807, 2.05) is 30.3 Å². The number of carboxylic acids is 1. The van der Waals surface area contributed by atoms with Crippen molar-refractivity contribution in [2.45, 2.75) is 13.2 Å². The number of halogens is 2. The van der Waals surface area contributed by atoms with Gasteiger partial charge in [0.25, 0.3) is 11.1 Å². The fourth-order valence-electron chi connectivity index (χ4n) is 3.19. The average molecular weight is 603 g/mol. The minimum absolute atomic E-state index is 0.218. The highest BCUT2D eigenvalue weighted by molar-refractivity contribution is 9.10. The highest BCUT2D eigenvalue weighted by atomic mass is 79.9. The van der Waals surface area contributed by atoms with E-state index in [-0.39, 0.29) is 29.9 Å². The molecule has 0 aliphatic carbocycles. The van der Waals surface area contributed by atoms with Crippen molar-refractivity contribution in [1.82, 2.24) is 4.90 Å². The number of thioether (sulfide) groups is 1. The Morgan fingerprint density at radius 3 is 2.29 bits per heavy atom. The summed E-state index contributed by atoms with van der Waals surface area (Å²) in [6, 6.07) is 19.3. The molecule has 4 rings (SSSR count). The molecule has 0 bridgehead atoms. The van der Waals surface area contributed by atoms with Gasteiger partial charge in [0.05, 0.1) is 21.5 Å². The molecule has 0 unspecified atom stereocenters. The van der Waals surface area contributed by atoms with Crippen molar-refractivity contribution in [2.75, 3.05) is 0 Å². The Balaban J connectivity index is 1.42. The van der Waals surface area contributed by atoms with E-state index in [1.165, 1.54) is 17.0 Å². The van der Waals surface area contributed by atoms with Crippen LogP contribution in [0.5, 0.6) is 5.75 Å². The lowest BCUT2D eigenvalue weighted by Gasteiger charge is -2.12. The van der Waals surface area contributed by atoms with Gasteiger partial charge in [-0.1, -0.05) is 46.3 Å². The first kappa shape index (κ1) is 24.3. The van der Waals surface area contributed by atoms with Crippen LogP contribution < -0.4 is 4.74 Å². The van der Waals surface area contributed by atoms with Gasteiger partial charge in [0.2, 0.25) is 0 Å². The van der Waals surface area contributed by atoms with Crippen LogP contribution in [-0.2, 0) is 17.9 Å². The van der Waals surface area contributed by atoms with Crippen LogP contribution in [0.1, 0.15) is 27.0 Å². The Morgan fingerprint density at radius 2 is 1.65 bits per heavy atom. The molecule has 3 aromatic rings. The molecule has 172 valence electrons. The molecule has 1 fully saturated rings. The molecule has 34 heavy (non-hydrogen) atoms. The zero-order valence-corrected chi connectivity index (χ0v) is 21.5. The second-order valence-electron chi connectivity index (χ2n) is 7.37. The van der Waals surface area contributed by atoms with Gasteiger partial charge in [0.1, 0.15) is 12.4 Å². The number of ether oxygens (including phenoxy) is 1. The molecule has 1 aliphatic rings. The van der Waals surface area contributed by atoms with Crippen LogP contribution in [0.15, 0.2) is 80.6 Å². The summed E-state index contributed by atoms with van der Waals surface area (Å²) in [6.07, 6.45) is 1.69. The van der Waals surface area contributed by atoms with Crippen molar-refractivity contribution >= 4 is 66.8 Å². The van der Waals surface area contributed by atoms with Crippen LogP contribution in [-0.4, -0.2) is 27.1 Å². The fourth-order valence-corrected chi connectivity index (χ4v) is 4.80. The normalized spacial score (nSPS) is 14.6. The molecular weight excluding hydrogens is 586 g/mol. The molecule has 3 aromatic carbocycles. The topological polar surface area (TPSA) is 83.9 Å². The molecule has 0 saturated carbocycles. The number of hydrogen-bond donors (Lipinski definition) is 1. The summed E-state index contributed by atoms with van der Waals surface area (Å²) in [5, 5.41) is 8.68. The van der Waals surface area contributed by atoms with Crippen LogP contribution in [0.4, 0.5) is 4.79 Å². The number of nitrogens with zero attached hydrogens (tertiary/aromatic N) is 1. The number of benzene rings is 3. The number of amides is 2. The molecule has 1 aliphatic heterocycles. The van der Waals surface area contributed by atoms with Gasteiger partial charge in [-0.15, -0.1) is 0 Å². The van der Waals surface area contributed by atoms with Crippen LogP contribution in [0.25, 0.3) is 6.08 Å². The van der Waals surface area contributed by atoms with Gasteiger partial charge in [0.15, 0.2) is 0 Å². The third kappa shape index (κ3) is 5.78. The Kier molecular flexibility index (Phi) is 7.55. The largest absolute Gasteiger partial charge is 0.488 e. The van der Waals surface area contributed by atoms with Gasteiger partial charge in [-0.05, 0) is 86.9 Å². The number of carbonyl (C=O) groups is 3. The van der Waals surface area contributed by atoms with Crippen molar-refractivity contribution in [3.63, 3.8) is 0 Å². The maximum Gasteiger partial charge on any atom is 0.335 e. The molecule has 2 amide bonds. The number of hydrogen-bond acceptors (Lipinski definition) is 5. The lowest BCUT2D eigenvalue weighted by molar-refractivity contribution is -0.123. The van der Waals surface area contributed by atoms with Gasteiger partial charge in [-0.2, -0.15) is 0 Å². The van der Waals surface area contributed by atoms with E-state index in [0.29, 0.717) is 15.1 Å². The number of aromatic carboxylic acids is 1. The first-order valence-corrected chi connectivity index (χ1v) is 12.4. The smallest absolute Gasteiger partial charge is 0.335 e. The summed E-state index contributed by atoms with van der Waals surface area (Å²) < 4.78 is 7.45. The van der Waals surface area contributed by atoms with Crippen molar-refractivity contribution in [3.05, 3.63) is 103 Å². The third-order valence-electron chi connectivity index (χ3n) is 4.98. The van der Waals surface area contributed by atoms with Crippen LogP contribution in [0.2, 0.25) is 0 Å². The summed E-state index contributed by atoms with van der Waals surface area (Å²) in [5.74, 6) is -0.695. The van der Waals surface area contributed by atoms with Crippen molar-refractivity contribution in [2.24, 2.45) is 0 Å². The molecule has 1 N–H and O–H groups in total. The lowest BCUT2D eigenvalue weighted by Crippen LogP contribution is -2.27. The van der Waals surface area contributed by atoms with Crippen LogP contribution in [0, 0.1) is 0 Å². The third-order valence-corrected chi connectivity index (χ3v) is 7.03. The Bertz CT molecular complexity index is 1290. The minimum atomic E-state index is -0.975. The predicted molar refractivity (Wildman–Crippen MR) is 138 cm³/mol. The SMILES string of the molecule is O=C(O)c1ccc(COc2ccc(/C=C3\SC(=O)N(Cc4ccc(Br)cc4)C3=O)cc2Br)cc1. The van der Waals surface area contributed by atoms with Crippen molar-refractivity contribution < 1.29 is 24.2 Å². The number of rotatable bonds is 7. The second kappa shape index (κ2) is 10.6. The fraction of sp³-hybridized carbons (Fsp3) is 0.0800. The highest BCUT2D eigenvalue weighted by Crippen LogP contribution is 2.35. The van der Waals surface area contributed by atoms with E-state index < -0.39 is 5.97 Å². The van der Waals surface area contributed by atoms with Crippen LogP contribution in [0.3, 0.4) is 0 Å². The zero-order chi connectivity index (χ0) is 24.2. The van der Waals surface area contributed by atoms with E-state index >= 15 is 0 Å². The highest BCUT2D eigenvalue weighted by Gasteiger charge is 2.35. The van der Waals surface area contributed by atoms with Gasteiger partial charge in [-0.25, -0.2) is 4.79 Å². The van der Waals surface area contributed by atoms with Gasteiger partial charge < -0.3 is 9.84 Å². The number of carbonyl (C=O) groups excluding carboxylic acids is 2. The first-order valence-electron chi connectivity index (χ1n) is 10.0. The van der Waals surface area contributed by atoms with E-state index in [1.54, 1.807) is 30.3 Å².